The molecule has 0 aromatic heterocycles. The topological polar surface area (TPSA) is 57.6 Å². The van der Waals surface area contributed by atoms with E-state index in [-0.39, 0.29) is 18.4 Å². The zero-order valence-electron chi connectivity index (χ0n) is 11.5. The maximum Gasteiger partial charge on any atom is 0.323 e. The van der Waals surface area contributed by atoms with E-state index in [4.69, 9.17) is 5.11 Å². The van der Waals surface area contributed by atoms with Gasteiger partial charge in [-0.2, -0.15) is 0 Å². The van der Waals surface area contributed by atoms with E-state index in [9.17, 15) is 9.59 Å². The molecule has 0 spiro atoms. The van der Waals surface area contributed by atoms with Crippen molar-refractivity contribution in [2.24, 2.45) is 11.8 Å². The summed E-state index contributed by atoms with van der Waals surface area (Å²) in [4.78, 5) is 24.5. The standard InChI is InChI=1S/C14H25NO3/c1-3-12(9-11-7-5-6-8-11)14(18)15(4-2)10-13(16)17/h11-12H,3-10H2,1-2H3,(H,16,17). The molecule has 0 aliphatic heterocycles. The molecule has 0 radical (unpaired) electrons. The smallest absolute Gasteiger partial charge is 0.323 e. The number of carbonyl (C=O) groups excluding carboxylic acids is 1. The first-order valence-electron chi connectivity index (χ1n) is 7.09. The molecule has 4 nitrogen and oxygen atoms in total. The predicted octanol–water partition coefficient (Wildman–Crippen LogP) is 2.53. The van der Waals surface area contributed by atoms with Crippen LogP contribution in [0.5, 0.6) is 0 Å². The average molecular weight is 255 g/mol. The van der Waals surface area contributed by atoms with Gasteiger partial charge in [-0.25, -0.2) is 0 Å². The third-order valence-corrected chi connectivity index (χ3v) is 3.95. The molecule has 1 fully saturated rings. The molecule has 1 aliphatic rings. The lowest BCUT2D eigenvalue weighted by atomic mass is 9.90. The van der Waals surface area contributed by atoms with Crippen molar-refractivity contribution in [3.63, 3.8) is 0 Å². The van der Waals surface area contributed by atoms with Crippen molar-refractivity contribution < 1.29 is 14.7 Å². The molecule has 104 valence electrons. The maximum atomic E-state index is 12.3. The van der Waals surface area contributed by atoms with E-state index in [1.807, 2.05) is 13.8 Å². The number of carbonyl (C=O) groups is 2. The summed E-state index contributed by atoms with van der Waals surface area (Å²) in [7, 11) is 0. The number of aliphatic carboxylic acids is 1. The summed E-state index contributed by atoms with van der Waals surface area (Å²) in [6.45, 7) is 4.16. The molecule has 18 heavy (non-hydrogen) atoms. The van der Waals surface area contributed by atoms with Gasteiger partial charge in [-0.05, 0) is 25.7 Å². The lowest BCUT2D eigenvalue weighted by Crippen LogP contribution is -2.39. The van der Waals surface area contributed by atoms with Gasteiger partial charge >= 0.3 is 5.97 Å². The predicted molar refractivity (Wildman–Crippen MR) is 70.2 cm³/mol. The van der Waals surface area contributed by atoms with E-state index >= 15 is 0 Å². The fraction of sp³-hybridized carbons (Fsp3) is 0.857. The zero-order valence-corrected chi connectivity index (χ0v) is 11.5. The molecule has 0 aromatic rings. The van der Waals surface area contributed by atoms with Crippen LogP contribution in [0, 0.1) is 11.8 Å². The molecule has 1 saturated carbocycles. The summed E-state index contributed by atoms with van der Waals surface area (Å²) in [6.07, 6.45) is 6.77. The van der Waals surface area contributed by atoms with Crippen molar-refractivity contribution in [3.05, 3.63) is 0 Å². The zero-order chi connectivity index (χ0) is 13.5. The van der Waals surface area contributed by atoms with Crippen molar-refractivity contribution in [3.8, 4) is 0 Å². The van der Waals surface area contributed by atoms with Gasteiger partial charge in [0.1, 0.15) is 6.54 Å². The van der Waals surface area contributed by atoms with Crippen LogP contribution < -0.4 is 0 Å². The van der Waals surface area contributed by atoms with Crippen molar-refractivity contribution >= 4 is 11.9 Å². The van der Waals surface area contributed by atoms with E-state index in [2.05, 4.69) is 0 Å². The summed E-state index contributed by atoms with van der Waals surface area (Å²) < 4.78 is 0. The minimum atomic E-state index is -0.930. The lowest BCUT2D eigenvalue weighted by Gasteiger charge is -2.25. The molecule has 1 atom stereocenters. The first kappa shape index (κ1) is 15.0. The Hall–Kier alpha value is -1.06. The summed E-state index contributed by atoms with van der Waals surface area (Å²) in [5.41, 5.74) is 0. The third kappa shape index (κ3) is 4.31. The van der Waals surface area contributed by atoms with Gasteiger partial charge in [0, 0.05) is 12.5 Å². The minimum absolute atomic E-state index is 0.00685. The van der Waals surface area contributed by atoms with Crippen molar-refractivity contribution in [1.29, 1.82) is 0 Å². The molecule has 0 saturated heterocycles. The molecular formula is C14H25NO3. The fourth-order valence-electron chi connectivity index (χ4n) is 2.86. The van der Waals surface area contributed by atoms with Crippen LogP contribution in [-0.4, -0.2) is 35.0 Å². The Balaban J connectivity index is 2.55. The Kier molecular flexibility index (Phi) is 6.16. The average Bonchev–Trinajstić information content (AvgIpc) is 2.84. The van der Waals surface area contributed by atoms with Crippen LogP contribution in [0.15, 0.2) is 0 Å². The quantitative estimate of drug-likeness (QED) is 0.760. The molecule has 1 rings (SSSR count). The largest absolute Gasteiger partial charge is 0.480 e. The van der Waals surface area contributed by atoms with Crippen molar-refractivity contribution in [2.75, 3.05) is 13.1 Å². The van der Waals surface area contributed by atoms with Crippen LogP contribution in [0.1, 0.15) is 52.4 Å². The number of carboxylic acids is 1. The number of hydrogen-bond donors (Lipinski definition) is 1. The summed E-state index contributed by atoms with van der Waals surface area (Å²) >= 11 is 0. The van der Waals surface area contributed by atoms with Crippen LogP contribution in [0.4, 0.5) is 0 Å². The second kappa shape index (κ2) is 7.39. The maximum absolute atomic E-state index is 12.3. The van der Waals surface area contributed by atoms with Gasteiger partial charge in [0.2, 0.25) is 5.91 Å². The van der Waals surface area contributed by atoms with Crippen LogP contribution in [0.25, 0.3) is 0 Å². The highest BCUT2D eigenvalue weighted by molar-refractivity contribution is 5.83. The van der Waals surface area contributed by atoms with Gasteiger partial charge in [-0.15, -0.1) is 0 Å². The Labute approximate surface area is 109 Å². The van der Waals surface area contributed by atoms with Gasteiger partial charge in [0.25, 0.3) is 0 Å². The highest BCUT2D eigenvalue weighted by Crippen LogP contribution is 2.31. The van der Waals surface area contributed by atoms with Crippen molar-refractivity contribution in [1.82, 2.24) is 4.90 Å². The number of nitrogens with zero attached hydrogens (tertiary/aromatic N) is 1. The van der Waals surface area contributed by atoms with E-state index in [0.717, 1.165) is 12.8 Å². The molecule has 0 heterocycles. The fourth-order valence-corrected chi connectivity index (χ4v) is 2.86. The third-order valence-electron chi connectivity index (χ3n) is 3.95. The number of hydrogen-bond acceptors (Lipinski definition) is 2. The summed E-state index contributed by atoms with van der Waals surface area (Å²) in [5.74, 6) is -0.231. The first-order valence-corrected chi connectivity index (χ1v) is 7.09. The normalized spacial score (nSPS) is 17.7. The van der Waals surface area contributed by atoms with E-state index < -0.39 is 5.97 Å². The Morgan fingerprint density at radius 3 is 2.33 bits per heavy atom. The van der Waals surface area contributed by atoms with Crippen LogP contribution in [-0.2, 0) is 9.59 Å². The minimum Gasteiger partial charge on any atom is -0.480 e. The van der Waals surface area contributed by atoms with Crippen LogP contribution in [0.2, 0.25) is 0 Å². The van der Waals surface area contributed by atoms with E-state index in [1.54, 1.807) is 0 Å². The first-order chi connectivity index (χ1) is 8.58. The Morgan fingerprint density at radius 1 is 1.28 bits per heavy atom. The summed E-state index contributed by atoms with van der Waals surface area (Å²) in [5, 5.41) is 8.81. The Morgan fingerprint density at radius 2 is 1.89 bits per heavy atom. The highest BCUT2D eigenvalue weighted by atomic mass is 16.4. The molecule has 1 aliphatic carbocycles. The number of likely N-dealkylation sites (N-methyl/N-ethyl adjacent to an activating group) is 1. The highest BCUT2D eigenvalue weighted by Gasteiger charge is 2.27. The van der Waals surface area contributed by atoms with Gasteiger partial charge in [0.05, 0.1) is 0 Å². The van der Waals surface area contributed by atoms with Crippen LogP contribution >= 0.6 is 0 Å². The van der Waals surface area contributed by atoms with Gasteiger partial charge in [0.15, 0.2) is 0 Å². The van der Waals surface area contributed by atoms with Gasteiger partial charge in [-0.1, -0.05) is 32.6 Å². The molecule has 1 amide bonds. The van der Waals surface area contributed by atoms with Crippen LogP contribution in [0.3, 0.4) is 0 Å². The lowest BCUT2D eigenvalue weighted by molar-refractivity contribution is -0.146. The van der Waals surface area contributed by atoms with E-state index in [1.165, 1.54) is 30.6 Å². The second-order valence-electron chi connectivity index (χ2n) is 5.24. The van der Waals surface area contributed by atoms with Gasteiger partial charge in [-0.3, -0.25) is 9.59 Å². The number of amides is 1. The SMILES string of the molecule is CCC(CC1CCCC1)C(=O)N(CC)CC(=O)O. The molecule has 0 aromatic carbocycles. The molecule has 0 bridgehead atoms. The Bertz CT molecular complexity index is 285. The molecule has 1 N–H and O–H groups in total. The molecule has 4 heteroatoms. The van der Waals surface area contributed by atoms with E-state index in [0.29, 0.717) is 12.5 Å². The summed E-state index contributed by atoms with van der Waals surface area (Å²) in [6, 6.07) is 0. The van der Waals surface area contributed by atoms with Gasteiger partial charge < -0.3 is 10.0 Å². The monoisotopic (exact) mass is 255 g/mol. The molecule has 1 unspecified atom stereocenters. The molecular weight excluding hydrogens is 230 g/mol. The van der Waals surface area contributed by atoms with Crippen molar-refractivity contribution in [2.45, 2.75) is 52.4 Å². The second-order valence-corrected chi connectivity index (χ2v) is 5.24. The number of carboxylic acid groups (broad SMARTS) is 1. The number of rotatable bonds is 7.